The highest BCUT2D eigenvalue weighted by atomic mass is 32.2. The summed E-state index contributed by atoms with van der Waals surface area (Å²) < 4.78 is 16.2. The van der Waals surface area contributed by atoms with E-state index in [0.717, 1.165) is 12.2 Å². The molecule has 0 saturated carbocycles. The molecule has 1 heterocycles. The van der Waals surface area contributed by atoms with E-state index in [0.29, 0.717) is 19.3 Å². The molecule has 0 aliphatic carbocycles. The van der Waals surface area contributed by atoms with Crippen LogP contribution in [0.2, 0.25) is 0 Å². The first-order chi connectivity index (χ1) is 13.9. The standard InChI is InChI=1S/C21H35NO6S/c1-15-7-5-9-19(23)22-17(11-12-29-4)21(25)28-14-18(26-3)16(2)8-6-10-20(24)27-13-15/h5,7,15-18H,6,8-14H2,1-4H3,(H,22,23)/b7-5+/t15-,16-,17+,18-/m1/s1. The Hall–Kier alpha value is -1.54. The molecular formula is C21H35NO6S. The second-order valence-electron chi connectivity index (χ2n) is 7.47. The van der Waals surface area contributed by atoms with Gasteiger partial charge in [0.05, 0.1) is 12.7 Å². The fourth-order valence-corrected chi connectivity index (χ4v) is 3.45. The van der Waals surface area contributed by atoms with Gasteiger partial charge in [0.15, 0.2) is 0 Å². The predicted molar refractivity (Wildman–Crippen MR) is 114 cm³/mol. The first-order valence-electron chi connectivity index (χ1n) is 10.2. The Bertz CT molecular complexity index is 553. The van der Waals surface area contributed by atoms with Gasteiger partial charge in [-0.15, -0.1) is 0 Å². The van der Waals surface area contributed by atoms with E-state index in [1.807, 2.05) is 26.2 Å². The van der Waals surface area contributed by atoms with Gasteiger partial charge in [-0.2, -0.15) is 11.8 Å². The fourth-order valence-electron chi connectivity index (χ4n) is 2.98. The minimum absolute atomic E-state index is 0.0136. The Labute approximate surface area is 178 Å². The summed E-state index contributed by atoms with van der Waals surface area (Å²) in [7, 11) is 1.58. The van der Waals surface area contributed by atoms with Gasteiger partial charge in [0.1, 0.15) is 12.6 Å². The minimum Gasteiger partial charge on any atom is -0.465 e. The van der Waals surface area contributed by atoms with Crippen LogP contribution in [0.5, 0.6) is 0 Å². The molecular weight excluding hydrogens is 394 g/mol. The molecule has 0 spiro atoms. The maximum atomic E-state index is 12.5. The Morgan fingerprint density at radius 3 is 2.66 bits per heavy atom. The van der Waals surface area contributed by atoms with Crippen molar-refractivity contribution in [2.75, 3.05) is 32.3 Å². The van der Waals surface area contributed by atoms with Crippen molar-refractivity contribution >= 4 is 29.6 Å². The van der Waals surface area contributed by atoms with Crippen molar-refractivity contribution in [3.05, 3.63) is 12.2 Å². The van der Waals surface area contributed by atoms with Crippen LogP contribution in [0.3, 0.4) is 0 Å². The van der Waals surface area contributed by atoms with Crippen LogP contribution < -0.4 is 5.32 Å². The van der Waals surface area contributed by atoms with Crippen LogP contribution in [0, 0.1) is 11.8 Å². The lowest BCUT2D eigenvalue weighted by Crippen LogP contribution is -2.43. The Morgan fingerprint density at radius 1 is 1.21 bits per heavy atom. The second-order valence-corrected chi connectivity index (χ2v) is 8.45. The maximum Gasteiger partial charge on any atom is 0.328 e. The fraction of sp³-hybridized carbons (Fsp3) is 0.762. The Balaban J connectivity index is 2.85. The van der Waals surface area contributed by atoms with Gasteiger partial charge in [-0.3, -0.25) is 9.59 Å². The SMILES string of the molecule is CO[C@@H]1COC(=O)[C@H](CCSC)NC(=O)C/C=C/[C@@H](C)COC(=O)CCC[C@H]1C. The van der Waals surface area contributed by atoms with Crippen molar-refractivity contribution in [3.63, 3.8) is 0 Å². The van der Waals surface area contributed by atoms with Gasteiger partial charge >= 0.3 is 11.9 Å². The number of nitrogens with one attached hydrogen (secondary N) is 1. The molecule has 0 bridgehead atoms. The summed E-state index contributed by atoms with van der Waals surface area (Å²) in [5, 5.41) is 2.77. The van der Waals surface area contributed by atoms with E-state index in [2.05, 4.69) is 5.32 Å². The molecule has 0 radical (unpaired) electrons. The van der Waals surface area contributed by atoms with Crippen molar-refractivity contribution < 1.29 is 28.6 Å². The number of thioether (sulfide) groups is 1. The summed E-state index contributed by atoms with van der Waals surface area (Å²) in [5.74, 6) is -0.0499. The molecule has 7 nitrogen and oxygen atoms in total. The molecule has 0 saturated heterocycles. The molecule has 0 fully saturated rings. The summed E-state index contributed by atoms with van der Waals surface area (Å²) in [6, 6.07) is -0.673. The number of amides is 1. The molecule has 1 amide bonds. The van der Waals surface area contributed by atoms with E-state index in [4.69, 9.17) is 14.2 Å². The first-order valence-corrected chi connectivity index (χ1v) is 11.6. The van der Waals surface area contributed by atoms with E-state index >= 15 is 0 Å². The molecule has 0 aromatic rings. The van der Waals surface area contributed by atoms with Crippen molar-refractivity contribution in [1.29, 1.82) is 0 Å². The topological polar surface area (TPSA) is 90.9 Å². The van der Waals surface area contributed by atoms with Gasteiger partial charge in [0.2, 0.25) is 5.91 Å². The Kier molecular flexibility index (Phi) is 12.7. The summed E-state index contributed by atoms with van der Waals surface area (Å²) in [6.07, 6.45) is 7.71. The zero-order valence-corrected chi connectivity index (χ0v) is 18.8. The van der Waals surface area contributed by atoms with Crippen LogP contribution >= 0.6 is 11.8 Å². The number of cyclic esters (lactones) is 2. The summed E-state index contributed by atoms with van der Waals surface area (Å²) in [4.78, 5) is 36.7. The van der Waals surface area contributed by atoms with Crippen molar-refractivity contribution in [2.24, 2.45) is 11.8 Å². The average Bonchev–Trinajstić information content (AvgIpc) is 2.69. The molecule has 0 aromatic carbocycles. The zero-order chi connectivity index (χ0) is 21.6. The molecule has 0 aromatic heterocycles. The number of carbonyl (C=O) groups excluding carboxylic acids is 3. The summed E-state index contributed by atoms with van der Waals surface area (Å²) in [6.45, 7) is 4.33. The highest BCUT2D eigenvalue weighted by Gasteiger charge is 2.25. The largest absolute Gasteiger partial charge is 0.465 e. The lowest BCUT2D eigenvalue weighted by atomic mass is 9.98. The quantitative estimate of drug-likeness (QED) is 0.543. The van der Waals surface area contributed by atoms with Crippen molar-refractivity contribution in [3.8, 4) is 0 Å². The molecule has 4 atom stereocenters. The van der Waals surface area contributed by atoms with Crippen LogP contribution in [0.15, 0.2) is 12.2 Å². The van der Waals surface area contributed by atoms with E-state index in [1.54, 1.807) is 24.9 Å². The van der Waals surface area contributed by atoms with Crippen molar-refractivity contribution in [2.45, 2.75) is 58.1 Å². The first kappa shape index (κ1) is 25.5. The number of ether oxygens (including phenoxy) is 3. The molecule has 1 aliphatic rings. The van der Waals surface area contributed by atoms with Crippen LogP contribution in [-0.2, 0) is 28.6 Å². The Morgan fingerprint density at radius 2 is 1.97 bits per heavy atom. The molecule has 29 heavy (non-hydrogen) atoms. The third-order valence-electron chi connectivity index (χ3n) is 4.87. The van der Waals surface area contributed by atoms with Crippen LogP contribution in [0.25, 0.3) is 0 Å². The van der Waals surface area contributed by atoms with Gasteiger partial charge in [0.25, 0.3) is 0 Å². The number of rotatable bonds is 4. The monoisotopic (exact) mass is 429 g/mol. The molecule has 166 valence electrons. The lowest BCUT2D eigenvalue weighted by molar-refractivity contribution is -0.152. The van der Waals surface area contributed by atoms with E-state index < -0.39 is 12.0 Å². The lowest BCUT2D eigenvalue weighted by Gasteiger charge is -2.24. The smallest absolute Gasteiger partial charge is 0.328 e. The third-order valence-corrected chi connectivity index (χ3v) is 5.52. The number of carbonyl (C=O) groups is 3. The molecule has 8 heteroatoms. The predicted octanol–water partition coefficient (Wildman–Crippen LogP) is 2.73. The number of methoxy groups -OCH3 is 1. The second kappa shape index (κ2) is 14.4. The maximum absolute atomic E-state index is 12.5. The van der Waals surface area contributed by atoms with E-state index in [1.165, 1.54) is 0 Å². The zero-order valence-electron chi connectivity index (χ0n) is 18.0. The van der Waals surface area contributed by atoms with Gasteiger partial charge in [0, 0.05) is 25.9 Å². The van der Waals surface area contributed by atoms with Gasteiger partial charge in [-0.1, -0.05) is 26.0 Å². The van der Waals surface area contributed by atoms with Crippen LogP contribution in [0.4, 0.5) is 0 Å². The summed E-state index contributed by atoms with van der Waals surface area (Å²) in [5.41, 5.74) is 0. The van der Waals surface area contributed by atoms with Crippen LogP contribution in [0.1, 0.15) is 46.0 Å². The van der Waals surface area contributed by atoms with E-state index in [9.17, 15) is 14.4 Å². The molecule has 1 rings (SSSR count). The van der Waals surface area contributed by atoms with Crippen LogP contribution in [-0.4, -0.2) is 62.3 Å². The van der Waals surface area contributed by atoms with E-state index in [-0.39, 0.29) is 49.5 Å². The van der Waals surface area contributed by atoms with Crippen molar-refractivity contribution in [1.82, 2.24) is 5.32 Å². The number of esters is 2. The minimum atomic E-state index is -0.673. The third kappa shape index (κ3) is 10.7. The molecule has 1 N–H and O–H groups in total. The highest BCUT2D eigenvalue weighted by Crippen LogP contribution is 2.17. The summed E-state index contributed by atoms with van der Waals surface area (Å²) >= 11 is 1.61. The number of hydrogen-bond acceptors (Lipinski definition) is 7. The van der Waals surface area contributed by atoms with Gasteiger partial charge < -0.3 is 19.5 Å². The highest BCUT2D eigenvalue weighted by molar-refractivity contribution is 7.98. The van der Waals surface area contributed by atoms with Gasteiger partial charge in [-0.25, -0.2) is 4.79 Å². The van der Waals surface area contributed by atoms with Gasteiger partial charge in [-0.05, 0) is 37.2 Å². The number of hydrogen-bond donors (Lipinski definition) is 1. The molecule has 1 aliphatic heterocycles. The average molecular weight is 430 g/mol. The normalized spacial score (nSPS) is 29.7. The molecule has 0 unspecified atom stereocenters.